The number of aromatic amines is 1. The molecule has 2 fully saturated rings. The summed E-state index contributed by atoms with van der Waals surface area (Å²) in [5, 5.41) is 0. The quantitative estimate of drug-likeness (QED) is 0.492. The van der Waals surface area contributed by atoms with Crippen molar-refractivity contribution in [1.82, 2.24) is 24.7 Å². The van der Waals surface area contributed by atoms with Gasteiger partial charge in [0.15, 0.2) is 5.82 Å². The number of nitrogens with zero attached hydrogens (tertiary/aromatic N) is 4. The molecule has 4 heterocycles. The molecule has 0 amide bonds. The van der Waals surface area contributed by atoms with Crippen LogP contribution in [0, 0.1) is 11.2 Å². The van der Waals surface area contributed by atoms with Gasteiger partial charge in [-0.3, -0.25) is 0 Å². The van der Waals surface area contributed by atoms with Crippen molar-refractivity contribution >= 4 is 16.0 Å². The van der Waals surface area contributed by atoms with Crippen LogP contribution in [0.5, 0.6) is 0 Å². The Morgan fingerprint density at radius 1 is 1.14 bits per heavy atom. The van der Waals surface area contributed by atoms with Gasteiger partial charge in [0.25, 0.3) is 0 Å². The third kappa shape index (κ3) is 5.56. The number of ether oxygens (including phenoxy) is 2. The summed E-state index contributed by atoms with van der Waals surface area (Å²) in [7, 11) is -3.33. The second-order valence-corrected chi connectivity index (χ2v) is 11.5. The first-order chi connectivity index (χ1) is 17.2. The molecule has 0 saturated carbocycles. The summed E-state index contributed by atoms with van der Waals surface area (Å²) in [6, 6.07) is 7.91. The van der Waals surface area contributed by atoms with E-state index in [0.717, 1.165) is 32.2 Å². The van der Waals surface area contributed by atoms with Gasteiger partial charge in [0.1, 0.15) is 5.82 Å². The highest BCUT2D eigenvalue weighted by Crippen LogP contribution is 2.35. The normalized spacial score (nSPS) is 22.8. The summed E-state index contributed by atoms with van der Waals surface area (Å²) in [6.07, 6.45) is 4.28. The zero-order valence-corrected chi connectivity index (χ0v) is 21.0. The van der Waals surface area contributed by atoms with Crippen molar-refractivity contribution in [3.8, 4) is 22.6 Å². The lowest BCUT2D eigenvalue weighted by Crippen LogP contribution is -2.45. The number of halogens is 1. The Morgan fingerprint density at radius 2 is 1.83 bits per heavy atom. The predicted octanol–water partition coefficient (Wildman–Crippen LogP) is 2.87. The number of anilines is 1. The second kappa shape index (κ2) is 9.85. The van der Waals surface area contributed by atoms with E-state index in [0.29, 0.717) is 34.4 Å². The van der Waals surface area contributed by atoms with E-state index in [-0.39, 0.29) is 25.6 Å². The van der Waals surface area contributed by atoms with Crippen molar-refractivity contribution in [1.29, 1.82) is 0 Å². The van der Waals surface area contributed by atoms with Crippen LogP contribution >= 0.6 is 0 Å². The molecule has 2 aromatic heterocycles. The minimum absolute atomic E-state index is 0.197. The lowest BCUT2D eigenvalue weighted by atomic mass is 9.92. The summed E-state index contributed by atoms with van der Waals surface area (Å²) in [5.74, 6) is 0.768. The minimum Gasteiger partial charge on any atom is -0.345 e. The molecule has 3 aromatic rings. The average molecular weight is 517 g/mol. The van der Waals surface area contributed by atoms with E-state index in [1.54, 1.807) is 24.4 Å². The SMILES string of the molecule is CC1(CNS(C)(=O)=O)COC(c2nc(-c3ccc(F)cc3)c(-c3ccnc(N4CCCC4)n3)[nH]2)OC1. The molecule has 2 aliphatic rings. The van der Waals surface area contributed by atoms with E-state index in [1.165, 1.54) is 12.1 Å². The first-order valence-corrected chi connectivity index (χ1v) is 13.7. The highest BCUT2D eigenvalue weighted by molar-refractivity contribution is 7.88. The zero-order chi connectivity index (χ0) is 25.3. The number of aromatic nitrogens is 4. The molecular formula is C24H29FN6O4S. The van der Waals surface area contributed by atoms with Gasteiger partial charge < -0.3 is 19.4 Å². The van der Waals surface area contributed by atoms with Crippen molar-refractivity contribution in [2.75, 3.05) is 44.0 Å². The molecule has 36 heavy (non-hydrogen) atoms. The van der Waals surface area contributed by atoms with Gasteiger partial charge in [0, 0.05) is 36.8 Å². The van der Waals surface area contributed by atoms with Crippen LogP contribution in [0.15, 0.2) is 36.5 Å². The number of hydrogen-bond donors (Lipinski definition) is 2. The topological polar surface area (TPSA) is 122 Å². The lowest BCUT2D eigenvalue weighted by molar-refractivity contribution is -0.231. The first-order valence-electron chi connectivity index (χ1n) is 11.8. The molecule has 0 atom stereocenters. The fourth-order valence-electron chi connectivity index (χ4n) is 4.27. The van der Waals surface area contributed by atoms with E-state index in [2.05, 4.69) is 19.6 Å². The number of rotatable bonds is 7. The van der Waals surface area contributed by atoms with Crippen molar-refractivity contribution in [2.45, 2.75) is 26.1 Å². The molecule has 192 valence electrons. The van der Waals surface area contributed by atoms with E-state index in [4.69, 9.17) is 19.4 Å². The Balaban J connectivity index is 1.44. The third-order valence-corrected chi connectivity index (χ3v) is 6.95. The van der Waals surface area contributed by atoms with Gasteiger partial charge in [-0.1, -0.05) is 6.92 Å². The molecular weight excluding hydrogens is 487 g/mol. The number of hydrogen-bond acceptors (Lipinski definition) is 8. The average Bonchev–Trinajstić information content (AvgIpc) is 3.55. The molecule has 0 radical (unpaired) electrons. The Morgan fingerprint density at radius 3 is 2.50 bits per heavy atom. The maximum atomic E-state index is 13.6. The molecule has 10 nitrogen and oxygen atoms in total. The summed E-state index contributed by atoms with van der Waals surface area (Å²) in [6.45, 7) is 4.46. The van der Waals surface area contributed by atoms with E-state index in [9.17, 15) is 12.8 Å². The van der Waals surface area contributed by atoms with Gasteiger partial charge in [-0.15, -0.1) is 0 Å². The van der Waals surface area contributed by atoms with E-state index < -0.39 is 21.7 Å². The Bertz CT molecular complexity index is 1320. The monoisotopic (exact) mass is 516 g/mol. The smallest absolute Gasteiger partial charge is 0.225 e. The first kappa shape index (κ1) is 24.8. The number of benzene rings is 1. The molecule has 0 unspecified atom stereocenters. The van der Waals surface area contributed by atoms with Crippen LogP contribution in [0.3, 0.4) is 0 Å². The minimum atomic E-state index is -3.33. The zero-order valence-electron chi connectivity index (χ0n) is 20.2. The molecule has 2 aliphatic heterocycles. The van der Waals surface area contributed by atoms with Crippen LogP contribution in [0.2, 0.25) is 0 Å². The van der Waals surface area contributed by atoms with Gasteiger partial charge in [0.2, 0.25) is 22.3 Å². The van der Waals surface area contributed by atoms with Gasteiger partial charge >= 0.3 is 0 Å². The number of imidazole rings is 1. The Hall–Kier alpha value is -2.93. The Kier molecular flexibility index (Phi) is 6.77. The molecule has 12 heteroatoms. The van der Waals surface area contributed by atoms with Crippen molar-refractivity contribution in [2.24, 2.45) is 5.41 Å². The number of sulfonamides is 1. The van der Waals surface area contributed by atoms with Gasteiger partial charge in [-0.2, -0.15) is 0 Å². The predicted molar refractivity (Wildman–Crippen MR) is 132 cm³/mol. The van der Waals surface area contributed by atoms with E-state index >= 15 is 0 Å². The maximum absolute atomic E-state index is 13.6. The highest BCUT2D eigenvalue weighted by atomic mass is 32.2. The largest absolute Gasteiger partial charge is 0.345 e. The number of H-pyrrole nitrogens is 1. The van der Waals surface area contributed by atoms with Gasteiger partial charge in [0.05, 0.1) is 36.6 Å². The van der Waals surface area contributed by atoms with E-state index in [1.807, 2.05) is 6.92 Å². The van der Waals surface area contributed by atoms with Crippen LogP contribution in [-0.2, 0) is 19.5 Å². The maximum Gasteiger partial charge on any atom is 0.225 e. The number of nitrogens with one attached hydrogen (secondary N) is 2. The Labute approximate surface area is 209 Å². The van der Waals surface area contributed by atoms with Gasteiger partial charge in [-0.25, -0.2) is 32.5 Å². The summed E-state index contributed by atoms with van der Waals surface area (Å²) >= 11 is 0. The van der Waals surface area contributed by atoms with Crippen LogP contribution in [-0.4, -0.2) is 67.5 Å². The third-order valence-electron chi connectivity index (χ3n) is 6.28. The van der Waals surface area contributed by atoms with Crippen molar-refractivity contribution in [3.05, 3.63) is 48.2 Å². The molecule has 1 aromatic carbocycles. The van der Waals surface area contributed by atoms with Crippen LogP contribution < -0.4 is 9.62 Å². The van der Waals surface area contributed by atoms with Crippen molar-refractivity contribution < 1.29 is 22.3 Å². The van der Waals surface area contributed by atoms with Crippen LogP contribution in [0.4, 0.5) is 10.3 Å². The second-order valence-electron chi connectivity index (χ2n) is 9.65. The molecule has 5 rings (SSSR count). The molecule has 2 saturated heterocycles. The molecule has 0 aliphatic carbocycles. The summed E-state index contributed by atoms with van der Waals surface area (Å²) < 4.78 is 51.0. The van der Waals surface area contributed by atoms with Crippen LogP contribution in [0.1, 0.15) is 31.9 Å². The standard InChI is InChI=1S/C24H29FN6O4S/c1-24(13-27-36(2,32)33)14-34-22(35-15-24)21-29-19(16-5-7-17(25)8-6-16)20(30-21)18-9-10-26-23(28-18)31-11-3-4-12-31/h5-10,22,27H,3-4,11-15H2,1-2H3,(H,29,30). The summed E-state index contributed by atoms with van der Waals surface area (Å²) in [4.78, 5) is 19.4. The van der Waals surface area contributed by atoms with Gasteiger partial charge in [-0.05, 0) is 43.2 Å². The lowest BCUT2D eigenvalue weighted by Gasteiger charge is -2.36. The highest BCUT2D eigenvalue weighted by Gasteiger charge is 2.36. The van der Waals surface area contributed by atoms with Crippen molar-refractivity contribution in [3.63, 3.8) is 0 Å². The van der Waals surface area contributed by atoms with Crippen LogP contribution in [0.25, 0.3) is 22.6 Å². The molecule has 0 bridgehead atoms. The summed E-state index contributed by atoms with van der Waals surface area (Å²) in [5.41, 5.74) is 2.09. The molecule has 2 N–H and O–H groups in total. The molecule has 0 spiro atoms. The fourth-order valence-corrected chi connectivity index (χ4v) is 4.88. The fraction of sp³-hybridized carbons (Fsp3) is 0.458.